The summed E-state index contributed by atoms with van der Waals surface area (Å²) in [4.78, 5) is 0. The van der Waals surface area contributed by atoms with Gasteiger partial charge in [-0.15, -0.1) is 0 Å². The van der Waals surface area contributed by atoms with Gasteiger partial charge in [0.05, 0.1) is 6.61 Å². The predicted octanol–water partition coefficient (Wildman–Crippen LogP) is 8.77. The Kier molecular flexibility index (Phi) is 11.3. The van der Waals surface area contributed by atoms with Crippen LogP contribution in [0.1, 0.15) is 103 Å². The van der Waals surface area contributed by atoms with Crippen LogP contribution in [0.15, 0.2) is 36.4 Å². The van der Waals surface area contributed by atoms with Crippen LogP contribution in [0.4, 0.5) is 0 Å². The lowest BCUT2D eigenvalue weighted by Crippen LogP contribution is -2.19. The first-order valence-electron chi connectivity index (χ1n) is 13.7. The van der Waals surface area contributed by atoms with Gasteiger partial charge < -0.3 is 4.74 Å². The first-order chi connectivity index (χ1) is 15.8. The average Bonchev–Trinajstić information content (AvgIpc) is 2.83. The van der Waals surface area contributed by atoms with E-state index in [1.165, 1.54) is 95.5 Å². The van der Waals surface area contributed by atoms with Crippen molar-refractivity contribution in [3.63, 3.8) is 0 Å². The molecule has 0 amide bonds. The van der Waals surface area contributed by atoms with Gasteiger partial charge in [0, 0.05) is 5.92 Å². The Bertz CT molecular complexity index is 703. The minimum Gasteiger partial charge on any atom is -0.493 e. The third-order valence-electron chi connectivity index (χ3n) is 7.65. The molecule has 1 nitrogen and oxygen atoms in total. The fourth-order valence-electron chi connectivity index (χ4n) is 5.45. The second-order valence-corrected chi connectivity index (χ2v) is 10.3. The monoisotopic (exact) mass is 434 g/mol. The van der Waals surface area contributed by atoms with Crippen LogP contribution in [0, 0.1) is 35.5 Å². The predicted molar refractivity (Wildman–Crippen MR) is 138 cm³/mol. The van der Waals surface area contributed by atoms with Crippen molar-refractivity contribution < 1.29 is 4.74 Å². The number of ether oxygens (including phenoxy) is 1. The van der Waals surface area contributed by atoms with E-state index >= 15 is 0 Å². The van der Waals surface area contributed by atoms with Gasteiger partial charge in [-0.05, 0) is 106 Å². The quantitative estimate of drug-likeness (QED) is 0.264. The van der Waals surface area contributed by atoms with Crippen molar-refractivity contribution in [1.82, 2.24) is 0 Å². The fraction of sp³-hybridized carbons (Fsp3) is 0.677. The molecule has 0 bridgehead atoms. The van der Waals surface area contributed by atoms with E-state index in [9.17, 15) is 0 Å². The molecule has 32 heavy (non-hydrogen) atoms. The average molecular weight is 435 g/mol. The number of aryl methyl sites for hydroxylation is 1. The van der Waals surface area contributed by atoms with E-state index in [0.717, 1.165) is 24.2 Å². The summed E-state index contributed by atoms with van der Waals surface area (Å²) in [5.74, 6) is 11.0. The lowest BCUT2D eigenvalue weighted by molar-refractivity contribution is 0.196. The number of allylic oxidation sites excluding steroid dienone is 2. The number of rotatable bonds is 10. The standard InChI is InChI=1S/C31H46O/c1-3-5-6-10-29-21-23-31(24-22-29)32-25-30-19-17-28(18-20-30)12-8-7-11-27-15-13-26(9-4-2)14-16-27/h7,11,21-24,26-28,30H,3-6,9-10,13-20,25H2,1-2H3/b11-7+. The molecule has 0 N–H and O–H groups in total. The van der Waals surface area contributed by atoms with Crippen molar-refractivity contribution in [3.05, 3.63) is 42.0 Å². The Balaban J connectivity index is 1.29. The van der Waals surface area contributed by atoms with E-state index in [2.05, 4.69) is 62.1 Å². The van der Waals surface area contributed by atoms with Crippen LogP contribution in [0.3, 0.4) is 0 Å². The van der Waals surface area contributed by atoms with Crippen LogP contribution in [0.5, 0.6) is 5.75 Å². The summed E-state index contributed by atoms with van der Waals surface area (Å²) >= 11 is 0. The second-order valence-electron chi connectivity index (χ2n) is 10.3. The highest BCUT2D eigenvalue weighted by Gasteiger charge is 2.20. The molecule has 0 aliphatic heterocycles. The Morgan fingerprint density at radius 3 is 2.25 bits per heavy atom. The normalized spacial score (nSPS) is 25.9. The molecular weight excluding hydrogens is 388 g/mol. The zero-order valence-electron chi connectivity index (χ0n) is 20.8. The van der Waals surface area contributed by atoms with Gasteiger partial charge >= 0.3 is 0 Å². The number of hydrogen-bond acceptors (Lipinski definition) is 1. The van der Waals surface area contributed by atoms with Gasteiger partial charge in [-0.2, -0.15) is 0 Å². The smallest absolute Gasteiger partial charge is 0.119 e. The van der Waals surface area contributed by atoms with Crippen LogP contribution in [-0.4, -0.2) is 6.61 Å². The summed E-state index contributed by atoms with van der Waals surface area (Å²) in [6.45, 7) is 5.43. The molecule has 0 saturated heterocycles. The SMILES string of the molecule is CCCCCc1ccc(OCC2CCC(C#C/C=C/C3CCC(CCC)CC3)CC2)cc1. The minimum atomic E-state index is 0.582. The maximum Gasteiger partial charge on any atom is 0.119 e. The third kappa shape index (κ3) is 9.05. The van der Waals surface area contributed by atoms with Crippen molar-refractivity contribution in [3.8, 4) is 17.6 Å². The van der Waals surface area contributed by atoms with Crippen LogP contribution in [-0.2, 0) is 6.42 Å². The van der Waals surface area contributed by atoms with Gasteiger partial charge in [0.1, 0.15) is 5.75 Å². The maximum atomic E-state index is 6.10. The van der Waals surface area contributed by atoms with Crippen LogP contribution < -0.4 is 4.74 Å². The van der Waals surface area contributed by atoms with E-state index in [-0.39, 0.29) is 0 Å². The Hall–Kier alpha value is -1.68. The minimum absolute atomic E-state index is 0.582. The molecule has 2 saturated carbocycles. The lowest BCUT2D eigenvalue weighted by atomic mass is 9.80. The molecule has 0 atom stereocenters. The van der Waals surface area contributed by atoms with Gasteiger partial charge in [-0.25, -0.2) is 0 Å². The first-order valence-corrected chi connectivity index (χ1v) is 13.7. The van der Waals surface area contributed by atoms with E-state index in [1.807, 2.05) is 0 Å². The number of unbranched alkanes of at least 4 members (excludes halogenated alkanes) is 2. The molecule has 0 unspecified atom stereocenters. The topological polar surface area (TPSA) is 9.23 Å². The van der Waals surface area contributed by atoms with Gasteiger partial charge in [0.2, 0.25) is 0 Å². The van der Waals surface area contributed by atoms with Crippen LogP contribution in [0.2, 0.25) is 0 Å². The zero-order valence-corrected chi connectivity index (χ0v) is 20.8. The highest BCUT2D eigenvalue weighted by Crippen LogP contribution is 2.32. The summed E-state index contributed by atoms with van der Waals surface area (Å²) in [5.41, 5.74) is 1.43. The second kappa shape index (κ2) is 14.5. The van der Waals surface area contributed by atoms with E-state index in [4.69, 9.17) is 4.74 Å². The summed E-state index contributed by atoms with van der Waals surface area (Å²) in [6, 6.07) is 8.78. The van der Waals surface area contributed by atoms with Gasteiger partial charge in [-0.1, -0.05) is 69.6 Å². The Morgan fingerprint density at radius 2 is 1.56 bits per heavy atom. The van der Waals surface area contributed by atoms with Crippen LogP contribution >= 0.6 is 0 Å². The molecule has 176 valence electrons. The molecule has 0 spiro atoms. The summed E-state index contributed by atoms with van der Waals surface area (Å²) in [6.07, 6.45) is 22.9. The first kappa shape index (κ1) is 25.0. The highest BCUT2D eigenvalue weighted by molar-refractivity contribution is 5.27. The largest absolute Gasteiger partial charge is 0.493 e. The molecule has 2 aliphatic carbocycles. The molecule has 3 rings (SSSR count). The molecule has 2 fully saturated rings. The molecule has 1 heteroatoms. The number of hydrogen-bond donors (Lipinski definition) is 0. The highest BCUT2D eigenvalue weighted by atomic mass is 16.5. The molecular formula is C31H46O. The molecule has 0 aromatic heterocycles. The molecule has 2 aliphatic rings. The Labute approximate surface area is 198 Å². The third-order valence-corrected chi connectivity index (χ3v) is 7.65. The maximum absolute atomic E-state index is 6.10. The Morgan fingerprint density at radius 1 is 0.844 bits per heavy atom. The van der Waals surface area contributed by atoms with Gasteiger partial charge in [0.15, 0.2) is 0 Å². The molecule has 1 aromatic rings. The number of benzene rings is 1. The van der Waals surface area contributed by atoms with Crippen LogP contribution in [0.25, 0.3) is 0 Å². The molecule has 0 heterocycles. The summed E-state index contributed by atoms with van der Waals surface area (Å²) < 4.78 is 6.10. The van der Waals surface area contributed by atoms with Gasteiger partial charge in [-0.3, -0.25) is 0 Å². The lowest BCUT2D eigenvalue weighted by Gasteiger charge is -2.26. The van der Waals surface area contributed by atoms with Gasteiger partial charge in [0.25, 0.3) is 0 Å². The van der Waals surface area contributed by atoms with E-state index in [1.54, 1.807) is 0 Å². The van der Waals surface area contributed by atoms with E-state index < -0.39 is 0 Å². The summed E-state index contributed by atoms with van der Waals surface area (Å²) in [7, 11) is 0. The molecule has 1 aromatic carbocycles. The molecule has 0 radical (unpaired) electrons. The summed E-state index contributed by atoms with van der Waals surface area (Å²) in [5, 5.41) is 0. The van der Waals surface area contributed by atoms with Crippen molar-refractivity contribution in [2.24, 2.45) is 23.7 Å². The fourth-order valence-corrected chi connectivity index (χ4v) is 5.45. The van der Waals surface area contributed by atoms with Crippen molar-refractivity contribution >= 4 is 0 Å². The van der Waals surface area contributed by atoms with Crippen molar-refractivity contribution in [2.75, 3.05) is 6.61 Å². The zero-order chi connectivity index (χ0) is 22.4. The van der Waals surface area contributed by atoms with Crippen molar-refractivity contribution in [2.45, 2.75) is 104 Å². The van der Waals surface area contributed by atoms with Crippen molar-refractivity contribution in [1.29, 1.82) is 0 Å². The van der Waals surface area contributed by atoms with E-state index in [0.29, 0.717) is 11.8 Å².